The van der Waals surface area contributed by atoms with Crippen molar-refractivity contribution in [3.05, 3.63) is 39.6 Å². The summed E-state index contributed by atoms with van der Waals surface area (Å²) < 4.78 is 1.32. The first kappa shape index (κ1) is 10.6. The van der Waals surface area contributed by atoms with Gasteiger partial charge in [0.05, 0.1) is 10.6 Å². The van der Waals surface area contributed by atoms with Crippen LogP contribution in [0.25, 0.3) is 14.8 Å². The number of aromatic nitrogens is 3. The van der Waals surface area contributed by atoms with Crippen LogP contribution in [0.1, 0.15) is 5.69 Å². The van der Waals surface area contributed by atoms with Crippen LogP contribution in [0, 0.1) is 0 Å². The summed E-state index contributed by atoms with van der Waals surface area (Å²) in [5.41, 5.74) is 5.89. The predicted octanol–water partition coefficient (Wildman–Crippen LogP) is 1.34. The van der Waals surface area contributed by atoms with Crippen molar-refractivity contribution in [3.63, 3.8) is 0 Å². The van der Waals surface area contributed by atoms with E-state index in [9.17, 15) is 4.79 Å². The minimum Gasteiger partial charge on any atom is -0.325 e. The molecule has 0 aliphatic carbocycles. The van der Waals surface area contributed by atoms with Gasteiger partial charge < -0.3 is 5.73 Å². The van der Waals surface area contributed by atoms with E-state index in [1.54, 1.807) is 11.3 Å². The number of nitrogens with zero attached hydrogens (tertiary/aromatic N) is 3. The van der Waals surface area contributed by atoms with Gasteiger partial charge in [0.15, 0.2) is 5.01 Å². The first-order valence-corrected chi connectivity index (χ1v) is 6.61. The molecule has 86 valence electrons. The van der Waals surface area contributed by atoms with E-state index in [0.717, 1.165) is 9.88 Å². The fourth-order valence-electron chi connectivity index (χ4n) is 1.46. The highest BCUT2D eigenvalue weighted by molar-refractivity contribution is 7.23. The first-order valence-electron chi connectivity index (χ1n) is 4.91. The average molecular weight is 264 g/mol. The lowest BCUT2D eigenvalue weighted by molar-refractivity contribution is 0.873. The maximum Gasteiger partial charge on any atom is 0.275 e. The zero-order chi connectivity index (χ0) is 11.8. The van der Waals surface area contributed by atoms with Gasteiger partial charge in [0.2, 0.25) is 4.96 Å². The van der Waals surface area contributed by atoms with Crippen LogP contribution < -0.4 is 11.3 Å². The maximum absolute atomic E-state index is 11.8. The van der Waals surface area contributed by atoms with Crippen LogP contribution >= 0.6 is 22.7 Å². The second-order valence-corrected chi connectivity index (χ2v) is 5.27. The third-order valence-electron chi connectivity index (χ3n) is 2.24. The molecule has 0 bridgehead atoms. The highest BCUT2D eigenvalue weighted by Gasteiger charge is 2.10. The molecule has 2 N–H and O–H groups in total. The molecule has 0 atom stereocenters. The zero-order valence-corrected chi connectivity index (χ0v) is 10.3. The maximum atomic E-state index is 11.8. The first-order chi connectivity index (χ1) is 8.28. The Bertz CT molecular complexity index is 714. The fourth-order valence-corrected chi connectivity index (χ4v) is 3.18. The summed E-state index contributed by atoms with van der Waals surface area (Å²) in [4.78, 5) is 17.7. The molecule has 3 rings (SSSR count). The second kappa shape index (κ2) is 4.02. The molecule has 0 saturated carbocycles. The molecule has 0 aliphatic heterocycles. The Labute approximate surface area is 104 Å². The molecule has 0 aliphatic rings. The van der Waals surface area contributed by atoms with Gasteiger partial charge in [-0.3, -0.25) is 4.79 Å². The van der Waals surface area contributed by atoms with Gasteiger partial charge in [0.1, 0.15) is 0 Å². The van der Waals surface area contributed by atoms with Crippen molar-refractivity contribution in [1.82, 2.24) is 14.6 Å². The molecule has 3 aromatic rings. The molecule has 0 spiro atoms. The zero-order valence-electron chi connectivity index (χ0n) is 8.66. The highest BCUT2D eigenvalue weighted by atomic mass is 32.1. The van der Waals surface area contributed by atoms with Crippen LogP contribution in [0.5, 0.6) is 0 Å². The van der Waals surface area contributed by atoms with Crippen molar-refractivity contribution in [3.8, 4) is 9.88 Å². The Morgan fingerprint density at radius 1 is 1.47 bits per heavy atom. The molecule has 0 radical (unpaired) electrons. The van der Waals surface area contributed by atoms with Crippen molar-refractivity contribution in [2.24, 2.45) is 5.73 Å². The van der Waals surface area contributed by atoms with Gasteiger partial charge in [-0.2, -0.15) is 9.61 Å². The van der Waals surface area contributed by atoms with Gasteiger partial charge in [-0.1, -0.05) is 17.4 Å². The van der Waals surface area contributed by atoms with Gasteiger partial charge in [-0.15, -0.1) is 11.3 Å². The molecule has 0 amide bonds. The Morgan fingerprint density at radius 2 is 2.35 bits per heavy atom. The van der Waals surface area contributed by atoms with E-state index in [0.29, 0.717) is 10.7 Å². The number of hydrogen-bond donors (Lipinski definition) is 1. The molecule has 0 aromatic carbocycles. The predicted molar refractivity (Wildman–Crippen MR) is 68.3 cm³/mol. The smallest absolute Gasteiger partial charge is 0.275 e. The van der Waals surface area contributed by atoms with Crippen LogP contribution in [0.4, 0.5) is 0 Å². The summed E-state index contributed by atoms with van der Waals surface area (Å²) in [6.07, 6.45) is 0. The second-order valence-electron chi connectivity index (χ2n) is 3.37. The van der Waals surface area contributed by atoms with Crippen molar-refractivity contribution >= 4 is 27.6 Å². The van der Waals surface area contributed by atoms with E-state index >= 15 is 0 Å². The van der Waals surface area contributed by atoms with Crippen molar-refractivity contribution in [2.45, 2.75) is 6.54 Å². The molecule has 0 saturated heterocycles. The van der Waals surface area contributed by atoms with Crippen LogP contribution in [-0.4, -0.2) is 14.6 Å². The van der Waals surface area contributed by atoms with Crippen LogP contribution in [-0.2, 0) is 6.54 Å². The molecular formula is C10H8N4OS2. The monoisotopic (exact) mass is 264 g/mol. The van der Waals surface area contributed by atoms with Crippen LogP contribution in [0.3, 0.4) is 0 Å². The molecule has 7 heteroatoms. The SMILES string of the molecule is NCc1cc(=O)n2nc(-c3cccs3)sc2n1. The molecular weight excluding hydrogens is 256 g/mol. The Balaban J connectivity index is 2.26. The third-order valence-corrected chi connectivity index (χ3v) is 4.19. The molecule has 0 fully saturated rings. The van der Waals surface area contributed by atoms with Gasteiger partial charge in [0, 0.05) is 12.6 Å². The average Bonchev–Trinajstić information content (AvgIpc) is 2.96. The van der Waals surface area contributed by atoms with E-state index in [4.69, 9.17) is 5.73 Å². The number of rotatable bonds is 2. The van der Waals surface area contributed by atoms with E-state index in [1.165, 1.54) is 21.9 Å². The molecule has 17 heavy (non-hydrogen) atoms. The number of fused-ring (bicyclic) bond motifs is 1. The summed E-state index contributed by atoms with van der Waals surface area (Å²) >= 11 is 2.98. The standard InChI is InChI=1S/C10H8N4OS2/c11-5-6-4-8(15)14-10(12-6)17-9(13-14)7-2-1-3-16-7/h1-4H,5,11H2. The van der Waals surface area contributed by atoms with Crippen LogP contribution in [0.2, 0.25) is 0 Å². The van der Waals surface area contributed by atoms with Gasteiger partial charge >= 0.3 is 0 Å². The molecule has 0 unspecified atom stereocenters. The largest absolute Gasteiger partial charge is 0.325 e. The van der Waals surface area contributed by atoms with Crippen molar-refractivity contribution < 1.29 is 0 Å². The molecule has 3 aromatic heterocycles. The summed E-state index contributed by atoms with van der Waals surface area (Å²) in [7, 11) is 0. The summed E-state index contributed by atoms with van der Waals surface area (Å²) in [5, 5.41) is 7.04. The minimum absolute atomic E-state index is 0.186. The van der Waals surface area contributed by atoms with E-state index in [2.05, 4.69) is 10.1 Å². The highest BCUT2D eigenvalue weighted by Crippen LogP contribution is 2.27. The van der Waals surface area contributed by atoms with Crippen molar-refractivity contribution in [1.29, 1.82) is 0 Å². The Morgan fingerprint density at radius 3 is 3.06 bits per heavy atom. The molecule has 5 nitrogen and oxygen atoms in total. The Hall–Kier alpha value is -1.57. The van der Waals surface area contributed by atoms with Crippen molar-refractivity contribution in [2.75, 3.05) is 0 Å². The fraction of sp³-hybridized carbons (Fsp3) is 0.100. The lowest BCUT2D eigenvalue weighted by Gasteiger charge is -1.93. The van der Waals surface area contributed by atoms with Gasteiger partial charge in [-0.05, 0) is 11.4 Å². The number of thiophene rings is 1. The molecule has 3 heterocycles. The number of nitrogens with two attached hydrogens (primary N) is 1. The number of hydrogen-bond acceptors (Lipinski definition) is 6. The van der Waals surface area contributed by atoms with Gasteiger partial charge in [0.25, 0.3) is 5.56 Å². The Kier molecular flexibility index (Phi) is 2.50. The van der Waals surface area contributed by atoms with Crippen LogP contribution in [0.15, 0.2) is 28.4 Å². The lowest BCUT2D eigenvalue weighted by Crippen LogP contribution is -2.16. The van der Waals surface area contributed by atoms with E-state index < -0.39 is 0 Å². The summed E-state index contributed by atoms with van der Waals surface area (Å²) in [6.45, 7) is 0.262. The van der Waals surface area contributed by atoms with E-state index in [1.807, 2.05) is 17.5 Å². The summed E-state index contributed by atoms with van der Waals surface area (Å²) in [6, 6.07) is 5.34. The topological polar surface area (TPSA) is 73.3 Å². The quantitative estimate of drug-likeness (QED) is 0.758. The normalized spacial score (nSPS) is 11.1. The van der Waals surface area contributed by atoms with Gasteiger partial charge in [-0.25, -0.2) is 4.98 Å². The van der Waals surface area contributed by atoms with E-state index in [-0.39, 0.29) is 12.1 Å². The lowest BCUT2D eigenvalue weighted by atomic mass is 10.4. The minimum atomic E-state index is -0.186. The summed E-state index contributed by atoms with van der Waals surface area (Å²) in [5.74, 6) is 0. The third kappa shape index (κ3) is 1.78.